The van der Waals surface area contributed by atoms with Gasteiger partial charge in [-0.15, -0.1) is 12.4 Å². The summed E-state index contributed by atoms with van der Waals surface area (Å²) in [6, 6.07) is 10.8. The molecule has 0 aliphatic carbocycles. The lowest BCUT2D eigenvalue weighted by molar-refractivity contribution is 0.0697. The number of halogens is 2. The number of methoxy groups -OCH3 is 1. The number of hydrogen-bond donors (Lipinski definition) is 2. The Kier molecular flexibility index (Phi) is 5.72. The number of nitrogens with zero attached hydrogens (tertiary/aromatic N) is 1. The van der Waals surface area contributed by atoms with E-state index in [9.17, 15) is 9.90 Å². The Morgan fingerprint density at radius 3 is 2.72 bits per heavy atom. The van der Waals surface area contributed by atoms with Crippen LogP contribution in [0.25, 0.3) is 10.9 Å². The predicted molar refractivity (Wildman–Crippen MR) is 102 cm³/mol. The summed E-state index contributed by atoms with van der Waals surface area (Å²) in [5, 5.41) is 14.0. The average molecular weight is 379 g/mol. The molecule has 0 radical (unpaired) electrons. The third-order valence-electron chi connectivity index (χ3n) is 3.80. The number of aromatic nitrogens is 1. The van der Waals surface area contributed by atoms with Gasteiger partial charge in [0.2, 0.25) is 0 Å². The monoisotopic (exact) mass is 378 g/mol. The number of carboxylic acids is 1. The molecule has 1 aromatic heterocycles. The zero-order chi connectivity index (χ0) is 17.3. The Morgan fingerprint density at radius 1 is 1.28 bits per heavy atom. The van der Waals surface area contributed by atoms with E-state index in [1.54, 1.807) is 25.3 Å². The van der Waals surface area contributed by atoms with Crippen molar-refractivity contribution in [1.82, 2.24) is 4.98 Å². The van der Waals surface area contributed by atoms with Gasteiger partial charge in [0, 0.05) is 28.4 Å². The number of benzene rings is 2. The standard InChI is InChI=1S/C18H15ClN2O3.ClH/c1-10-15(19)7-6-13-16(10)20-9-14(18(22)23)17(13)21-11-4-3-5-12(8-11)24-2;/h3-9H,1-2H3,(H,20,21)(H,22,23);1H. The number of nitrogens with one attached hydrogen (secondary N) is 1. The Hall–Kier alpha value is -2.50. The van der Waals surface area contributed by atoms with E-state index in [1.807, 2.05) is 25.1 Å². The number of rotatable bonds is 4. The van der Waals surface area contributed by atoms with E-state index in [0.717, 1.165) is 11.3 Å². The molecule has 3 aromatic rings. The van der Waals surface area contributed by atoms with Gasteiger partial charge in [-0.2, -0.15) is 0 Å². The molecule has 25 heavy (non-hydrogen) atoms. The summed E-state index contributed by atoms with van der Waals surface area (Å²) in [5.74, 6) is -0.378. The molecule has 0 saturated heterocycles. The Morgan fingerprint density at radius 2 is 2.04 bits per heavy atom. The van der Waals surface area contributed by atoms with Crippen LogP contribution in [0, 0.1) is 6.92 Å². The van der Waals surface area contributed by atoms with Crippen LogP contribution in [0.3, 0.4) is 0 Å². The number of carboxylic acid groups (broad SMARTS) is 1. The zero-order valence-electron chi connectivity index (χ0n) is 13.5. The highest BCUT2D eigenvalue weighted by Gasteiger charge is 2.17. The Labute approximate surface area is 156 Å². The van der Waals surface area contributed by atoms with Crippen molar-refractivity contribution < 1.29 is 14.6 Å². The smallest absolute Gasteiger partial charge is 0.339 e. The van der Waals surface area contributed by atoms with Crippen molar-refractivity contribution in [3.63, 3.8) is 0 Å². The van der Waals surface area contributed by atoms with Gasteiger partial charge in [0.25, 0.3) is 0 Å². The second-order valence-corrected chi connectivity index (χ2v) is 5.68. The van der Waals surface area contributed by atoms with Gasteiger partial charge < -0.3 is 15.2 Å². The minimum Gasteiger partial charge on any atom is -0.497 e. The third-order valence-corrected chi connectivity index (χ3v) is 4.21. The summed E-state index contributed by atoms with van der Waals surface area (Å²) in [6.07, 6.45) is 1.34. The molecular weight excluding hydrogens is 363 g/mol. The van der Waals surface area contributed by atoms with Crippen molar-refractivity contribution in [2.45, 2.75) is 6.92 Å². The van der Waals surface area contributed by atoms with Crippen LogP contribution in [0.5, 0.6) is 5.75 Å². The van der Waals surface area contributed by atoms with E-state index in [-0.39, 0.29) is 18.0 Å². The summed E-state index contributed by atoms with van der Waals surface area (Å²) in [7, 11) is 1.58. The molecule has 0 spiro atoms. The molecule has 3 rings (SSSR count). The van der Waals surface area contributed by atoms with Crippen molar-refractivity contribution in [3.8, 4) is 5.75 Å². The van der Waals surface area contributed by atoms with E-state index < -0.39 is 5.97 Å². The van der Waals surface area contributed by atoms with Gasteiger partial charge in [0.1, 0.15) is 11.3 Å². The van der Waals surface area contributed by atoms with Crippen LogP contribution in [0.4, 0.5) is 11.4 Å². The van der Waals surface area contributed by atoms with E-state index in [0.29, 0.717) is 27.4 Å². The van der Waals surface area contributed by atoms with Crippen LogP contribution in [-0.4, -0.2) is 23.2 Å². The molecule has 0 saturated carbocycles. The van der Waals surface area contributed by atoms with Crippen LogP contribution in [0.15, 0.2) is 42.6 Å². The maximum Gasteiger partial charge on any atom is 0.339 e. The number of aryl methyl sites for hydroxylation is 1. The van der Waals surface area contributed by atoms with Crippen LogP contribution < -0.4 is 10.1 Å². The van der Waals surface area contributed by atoms with E-state index in [2.05, 4.69) is 10.3 Å². The summed E-state index contributed by atoms with van der Waals surface area (Å²) in [5.41, 5.74) is 2.75. The normalized spacial score (nSPS) is 10.2. The zero-order valence-corrected chi connectivity index (χ0v) is 15.1. The van der Waals surface area contributed by atoms with Crippen molar-refractivity contribution >= 4 is 52.3 Å². The number of fused-ring (bicyclic) bond motifs is 1. The van der Waals surface area contributed by atoms with E-state index in [4.69, 9.17) is 16.3 Å². The first kappa shape index (κ1) is 18.8. The van der Waals surface area contributed by atoms with Gasteiger partial charge >= 0.3 is 5.97 Å². The van der Waals surface area contributed by atoms with Crippen molar-refractivity contribution in [3.05, 3.63) is 58.7 Å². The fourth-order valence-electron chi connectivity index (χ4n) is 2.52. The molecule has 130 valence electrons. The molecule has 2 N–H and O–H groups in total. The Bertz CT molecular complexity index is 945. The third kappa shape index (κ3) is 3.62. The number of hydrogen-bond acceptors (Lipinski definition) is 4. The summed E-state index contributed by atoms with van der Waals surface area (Å²) >= 11 is 6.15. The van der Waals surface area contributed by atoms with Gasteiger partial charge in [-0.1, -0.05) is 17.7 Å². The highest BCUT2D eigenvalue weighted by molar-refractivity contribution is 6.32. The fourth-order valence-corrected chi connectivity index (χ4v) is 2.68. The van der Waals surface area contributed by atoms with Crippen molar-refractivity contribution in [1.29, 1.82) is 0 Å². The molecule has 0 aliphatic heterocycles. The molecule has 0 bridgehead atoms. The number of aromatic carboxylic acids is 1. The van der Waals surface area contributed by atoms with Gasteiger partial charge in [0.15, 0.2) is 0 Å². The predicted octanol–water partition coefficient (Wildman–Crippen LogP) is 5.07. The highest BCUT2D eigenvalue weighted by atomic mass is 35.5. The largest absolute Gasteiger partial charge is 0.497 e. The maximum absolute atomic E-state index is 11.6. The van der Waals surface area contributed by atoms with Gasteiger partial charge in [0.05, 0.1) is 18.3 Å². The van der Waals surface area contributed by atoms with Crippen molar-refractivity contribution in [2.75, 3.05) is 12.4 Å². The number of pyridine rings is 1. The molecule has 0 fully saturated rings. The van der Waals surface area contributed by atoms with Crippen LogP contribution in [0.2, 0.25) is 5.02 Å². The van der Waals surface area contributed by atoms with Crippen molar-refractivity contribution in [2.24, 2.45) is 0 Å². The summed E-state index contributed by atoms with van der Waals surface area (Å²) in [6.45, 7) is 1.85. The molecule has 2 aromatic carbocycles. The first-order valence-corrected chi connectivity index (χ1v) is 7.61. The molecule has 7 heteroatoms. The second-order valence-electron chi connectivity index (χ2n) is 5.28. The lowest BCUT2D eigenvalue weighted by Gasteiger charge is -2.14. The summed E-state index contributed by atoms with van der Waals surface area (Å²) in [4.78, 5) is 15.9. The Balaban J connectivity index is 0.00000225. The molecular formula is C18H16Cl2N2O3. The van der Waals surface area contributed by atoms with Gasteiger partial charge in [-0.25, -0.2) is 4.79 Å². The van der Waals surface area contributed by atoms with E-state index in [1.165, 1.54) is 6.20 Å². The fraction of sp³-hybridized carbons (Fsp3) is 0.111. The molecule has 0 aliphatic rings. The maximum atomic E-state index is 11.6. The quantitative estimate of drug-likeness (QED) is 0.662. The summed E-state index contributed by atoms with van der Waals surface area (Å²) < 4.78 is 5.21. The molecule has 0 unspecified atom stereocenters. The lowest BCUT2D eigenvalue weighted by atomic mass is 10.1. The SMILES string of the molecule is COc1cccc(Nc2c(C(=O)O)cnc3c(C)c(Cl)ccc23)c1.Cl. The average Bonchev–Trinajstić information content (AvgIpc) is 2.58. The number of anilines is 2. The lowest BCUT2D eigenvalue weighted by Crippen LogP contribution is -2.05. The number of carbonyl (C=O) groups is 1. The number of ether oxygens (including phenoxy) is 1. The topological polar surface area (TPSA) is 71.5 Å². The molecule has 1 heterocycles. The minimum atomic E-state index is -1.05. The van der Waals surface area contributed by atoms with Crippen LogP contribution >= 0.6 is 24.0 Å². The first-order chi connectivity index (χ1) is 11.5. The molecule has 0 amide bonds. The van der Waals surface area contributed by atoms with Gasteiger partial charge in [-0.05, 0) is 36.8 Å². The van der Waals surface area contributed by atoms with Crippen LogP contribution in [-0.2, 0) is 0 Å². The van der Waals surface area contributed by atoms with Crippen LogP contribution in [0.1, 0.15) is 15.9 Å². The minimum absolute atomic E-state index is 0. The molecule has 0 atom stereocenters. The highest BCUT2D eigenvalue weighted by Crippen LogP contribution is 2.33. The van der Waals surface area contributed by atoms with Gasteiger partial charge in [-0.3, -0.25) is 4.98 Å². The second kappa shape index (κ2) is 7.59. The van der Waals surface area contributed by atoms with E-state index >= 15 is 0 Å². The molecule has 5 nitrogen and oxygen atoms in total. The first-order valence-electron chi connectivity index (χ1n) is 7.23.